The van der Waals surface area contributed by atoms with Crippen LogP contribution in [-0.4, -0.2) is 58.1 Å². The first-order chi connectivity index (χ1) is 13.2. The number of ether oxygens (including phenoxy) is 2. The molecule has 3 heterocycles. The van der Waals surface area contributed by atoms with Crippen LogP contribution in [0.2, 0.25) is 0 Å². The molecule has 2 aromatic heterocycles. The van der Waals surface area contributed by atoms with Gasteiger partial charge in [0.05, 0.1) is 25.5 Å². The lowest BCUT2D eigenvalue weighted by Gasteiger charge is -2.33. The zero-order chi connectivity index (χ0) is 18.8. The van der Waals surface area contributed by atoms with E-state index in [0.717, 1.165) is 17.7 Å². The molecule has 1 saturated heterocycles. The van der Waals surface area contributed by atoms with E-state index in [4.69, 9.17) is 9.47 Å². The zero-order valence-corrected chi connectivity index (χ0v) is 15.5. The third-order valence-electron chi connectivity index (χ3n) is 4.80. The van der Waals surface area contributed by atoms with E-state index in [9.17, 15) is 4.79 Å². The SMILES string of the molecule is COc1cccc(CC2CN(C(=O)c3c(C)nc4ncccn34)CCO2)c1. The molecule has 1 fully saturated rings. The van der Waals surface area contributed by atoms with Crippen LogP contribution in [0.4, 0.5) is 0 Å². The number of nitrogens with zero attached hydrogens (tertiary/aromatic N) is 4. The van der Waals surface area contributed by atoms with E-state index in [-0.39, 0.29) is 12.0 Å². The fraction of sp³-hybridized carbons (Fsp3) is 0.350. The molecule has 0 saturated carbocycles. The highest BCUT2D eigenvalue weighted by molar-refractivity contribution is 5.94. The number of carbonyl (C=O) groups is 1. The molecule has 0 aliphatic carbocycles. The number of aryl methyl sites for hydroxylation is 1. The first-order valence-corrected chi connectivity index (χ1v) is 8.99. The standard InChI is InChI=1S/C20H22N4O3/c1-14-18(24-8-4-7-21-20(24)22-14)19(25)23-9-10-27-17(13-23)12-15-5-3-6-16(11-15)26-2/h3-8,11,17H,9-10,12-13H2,1-2H3. The molecule has 140 valence electrons. The Balaban J connectivity index is 1.52. The smallest absolute Gasteiger partial charge is 0.272 e. The molecule has 7 nitrogen and oxygen atoms in total. The van der Waals surface area contributed by atoms with Crippen molar-refractivity contribution in [1.29, 1.82) is 0 Å². The molecule has 3 aromatic rings. The summed E-state index contributed by atoms with van der Waals surface area (Å²) in [5.41, 5.74) is 2.39. The molecule has 0 bridgehead atoms. The van der Waals surface area contributed by atoms with Gasteiger partial charge in [-0.1, -0.05) is 12.1 Å². The number of imidazole rings is 1. The molecule has 27 heavy (non-hydrogen) atoms. The number of methoxy groups -OCH3 is 1. The van der Waals surface area contributed by atoms with Crippen molar-refractivity contribution in [2.75, 3.05) is 26.8 Å². The van der Waals surface area contributed by atoms with Crippen molar-refractivity contribution >= 4 is 11.7 Å². The van der Waals surface area contributed by atoms with E-state index in [1.54, 1.807) is 23.8 Å². The number of aromatic nitrogens is 3. The predicted molar refractivity (Wildman–Crippen MR) is 100 cm³/mol. The van der Waals surface area contributed by atoms with Crippen molar-refractivity contribution in [2.24, 2.45) is 0 Å². The number of rotatable bonds is 4. The van der Waals surface area contributed by atoms with E-state index in [2.05, 4.69) is 9.97 Å². The third kappa shape index (κ3) is 3.50. The lowest BCUT2D eigenvalue weighted by atomic mass is 10.1. The monoisotopic (exact) mass is 366 g/mol. The molecule has 7 heteroatoms. The summed E-state index contributed by atoms with van der Waals surface area (Å²) in [5, 5.41) is 0. The van der Waals surface area contributed by atoms with Gasteiger partial charge in [0.1, 0.15) is 11.4 Å². The highest BCUT2D eigenvalue weighted by atomic mass is 16.5. The molecule has 0 N–H and O–H groups in total. The number of hydrogen-bond donors (Lipinski definition) is 0. The quantitative estimate of drug-likeness (QED) is 0.708. The van der Waals surface area contributed by atoms with Crippen molar-refractivity contribution in [3.63, 3.8) is 0 Å². The van der Waals surface area contributed by atoms with Crippen molar-refractivity contribution in [1.82, 2.24) is 19.3 Å². The second-order valence-corrected chi connectivity index (χ2v) is 6.64. The van der Waals surface area contributed by atoms with Gasteiger partial charge in [-0.05, 0) is 30.7 Å². The number of amides is 1. The molecule has 1 unspecified atom stereocenters. The normalized spacial score (nSPS) is 17.3. The maximum atomic E-state index is 13.2. The van der Waals surface area contributed by atoms with Crippen LogP contribution in [0.25, 0.3) is 5.78 Å². The Morgan fingerprint density at radius 2 is 2.26 bits per heavy atom. The maximum Gasteiger partial charge on any atom is 0.272 e. The van der Waals surface area contributed by atoms with Gasteiger partial charge in [0, 0.05) is 31.9 Å². The van der Waals surface area contributed by atoms with Crippen LogP contribution in [0.3, 0.4) is 0 Å². The topological polar surface area (TPSA) is 69.0 Å². The average molecular weight is 366 g/mol. The van der Waals surface area contributed by atoms with Gasteiger partial charge < -0.3 is 14.4 Å². The van der Waals surface area contributed by atoms with Gasteiger partial charge in [0.25, 0.3) is 5.91 Å². The number of fused-ring (bicyclic) bond motifs is 1. The minimum atomic E-state index is -0.0487. The summed E-state index contributed by atoms with van der Waals surface area (Å²) < 4.78 is 12.9. The second kappa shape index (κ2) is 7.36. The lowest BCUT2D eigenvalue weighted by molar-refractivity contribution is -0.0210. The van der Waals surface area contributed by atoms with Crippen LogP contribution in [0.5, 0.6) is 5.75 Å². The fourth-order valence-corrected chi connectivity index (χ4v) is 3.49. The number of hydrogen-bond acceptors (Lipinski definition) is 5. The average Bonchev–Trinajstić information content (AvgIpc) is 3.03. The summed E-state index contributed by atoms with van der Waals surface area (Å²) in [6.07, 6.45) is 4.18. The first kappa shape index (κ1) is 17.5. The highest BCUT2D eigenvalue weighted by Crippen LogP contribution is 2.19. The lowest BCUT2D eigenvalue weighted by Crippen LogP contribution is -2.46. The van der Waals surface area contributed by atoms with Gasteiger partial charge in [0.15, 0.2) is 0 Å². The Kier molecular flexibility index (Phi) is 4.77. The Morgan fingerprint density at radius 3 is 3.11 bits per heavy atom. The van der Waals surface area contributed by atoms with Gasteiger partial charge in [-0.25, -0.2) is 9.97 Å². The van der Waals surface area contributed by atoms with E-state index in [1.165, 1.54) is 0 Å². The molecule has 1 aromatic carbocycles. The van der Waals surface area contributed by atoms with E-state index >= 15 is 0 Å². The molecule has 0 spiro atoms. The van der Waals surface area contributed by atoms with Gasteiger partial charge in [-0.3, -0.25) is 9.20 Å². The van der Waals surface area contributed by atoms with E-state index in [0.29, 0.717) is 36.9 Å². The van der Waals surface area contributed by atoms with Gasteiger partial charge in [-0.15, -0.1) is 0 Å². The molecular formula is C20H22N4O3. The molecule has 1 aliphatic rings. The molecule has 0 radical (unpaired) electrons. The Bertz CT molecular complexity index is 969. The minimum absolute atomic E-state index is 0.0352. The maximum absolute atomic E-state index is 13.2. The second-order valence-electron chi connectivity index (χ2n) is 6.64. The van der Waals surface area contributed by atoms with Crippen molar-refractivity contribution in [2.45, 2.75) is 19.4 Å². The van der Waals surface area contributed by atoms with Crippen LogP contribution in [0, 0.1) is 6.92 Å². The molecular weight excluding hydrogens is 344 g/mol. The number of morpholine rings is 1. The van der Waals surface area contributed by atoms with Crippen molar-refractivity contribution in [3.8, 4) is 5.75 Å². The van der Waals surface area contributed by atoms with Gasteiger partial charge in [0.2, 0.25) is 5.78 Å². The third-order valence-corrected chi connectivity index (χ3v) is 4.80. The number of benzene rings is 1. The van der Waals surface area contributed by atoms with Crippen LogP contribution >= 0.6 is 0 Å². The molecule has 1 atom stereocenters. The van der Waals surface area contributed by atoms with Crippen molar-refractivity contribution in [3.05, 3.63) is 59.7 Å². The first-order valence-electron chi connectivity index (χ1n) is 8.99. The van der Waals surface area contributed by atoms with Crippen LogP contribution in [0.1, 0.15) is 21.7 Å². The van der Waals surface area contributed by atoms with Crippen LogP contribution in [0.15, 0.2) is 42.7 Å². The zero-order valence-electron chi connectivity index (χ0n) is 15.5. The Labute approximate surface area is 157 Å². The van der Waals surface area contributed by atoms with Gasteiger partial charge in [-0.2, -0.15) is 0 Å². The highest BCUT2D eigenvalue weighted by Gasteiger charge is 2.28. The summed E-state index contributed by atoms with van der Waals surface area (Å²) in [4.78, 5) is 23.6. The summed E-state index contributed by atoms with van der Waals surface area (Å²) in [5.74, 6) is 1.33. The molecule has 1 aliphatic heterocycles. The summed E-state index contributed by atoms with van der Waals surface area (Å²) in [6, 6.07) is 9.74. The minimum Gasteiger partial charge on any atom is -0.497 e. The van der Waals surface area contributed by atoms with Crippen LogP contribution in [-0.2, 0) is 11.2 Å². The van der Waals surface area contributed by atoms with Gasteiger partial charge >= 0.3 is 0 Å². The summed E-state index contributed by atoms with van der Waals surface area (Å²) >= 11 is 0. The number of carbonyl (C=O) groups excluding carboxylic acids is 1. The molecule has 4 rings (SSSR count). The Morgan fingerprint density at radius 1 is 1.37 bits per heavy atom. The van der Waals surface area contributed by atoms with Crippen LogP contribution < -0.4 is 4.74 Å². The summed E-state index contributed by atoms with van der Waals surface area (Å²) in [7, 11) is 1.66. The summed E-state index contributed by atoms with van der Waals surface area (Å²) in [6.45, 7) is 3.48. The molecule has 1 amide bonds. The Hall–Kier alpha value is -2.93. The fourth-order valence-electron chi connectivity index (χ4n) is 3.49. The van der Waals surface area contributed by atoms with E-state index < -0.39 is 0 Å². The van der Waals surface area contributed by atoms with E-state index in [1.807, 2.05) is 42.3 Å². The van der Waals surface area contributed by atoms with Crippen molar-refractivity contribution < 1.29 is 14.3 Å². The predicted octanol–water partition coefficient (Wildman–Crippen LogP) is 2.13. The largest absolute Gasteiger partial charge is 0.497 e.